The predicted octanol–water partition coefficient (Wildman–Crippen LogP) is 4.41. The van der Waals surface area contributed by atoms with Crippen LogP contribution in [0.2, 0.25) is 5.02 Å². The van der Waals surface area contributed by atoms with E-state index in [2.05, 4.69) is 5.32 Å². The molecule has 0 bridgehead atoms. The molecule has 0 aromatic heterocycles. The van der Waals surface area contributed by atoms with Gasteiger partial charge >= 0.3 is 0 Å². The normalized spacial score (nSPS) is 15.8. The van der Waals surface area contributed by atoms with E-state index in [1.165, 1.54) is 11.8 Å². The first-order valence-corrected chi connectivity index (χ1v) is 8.43. The molecule has 0 unspecified atom stereocenters. The largest absolute Gasteiger partial charge is 0.488 e. The molecular weight excluding hydrogens is 350 g/mol. The van der Waals surface area contributed by atoms with Crippen LogP contribution >= 0.6 is 35.6 Å². The molecular formula is C17H12ClNO2S2. The molecule has 6 heteroatoms. The summed E-state index contributed by atoms with van der Waals surface area (Å²) in [7, 11) is 0. The SMILES string of the molecule is O=C1NC(=S)SC1=Cc1ccccc1OCc1cccc(Cl)c1. The smallest absolute Gasteiger partial charge is 0.263 e. The average molecular weight is 362 g/mol. The Morgan fingerprint density at radius 2 is 2.04 bits per heavy atom. The number of nitrogens with one attached hydrogen (secondary N) is 1. The van der Waals surface area contributed by atoms with Gasteiger partial charge in [0, 0.05) is 10.6 Å². The Kier molecular flexibility index (Phi) is 5.00. The van der Waals surface area contributed by atoms with Crippen LogP contribution in [0.15, 0.2) is 53.4 Å². The fourth-order valence-electron chi connectivity index (χ4n) is 2.08. The molecule has 0 spiro atoms. The molecule has 1 aliphatic rings. The summed E-state index contributed by atoms with van der Waals surface area (Å²) in [5.41, 5.74) is 1.81. The molecule has 3 nitrogen and oxygen atoms in total. The van der Waals surface area contributed by atoms with E-state index < -0.39 is 0 Å². The first-order valence-electron chi connectivity index (χ1n) is 6.83. The summed E-state index contributed by atoms with van der Waals surface area (Å²) in [5, 5.41) is 3.28. The van der Waals surface area contributed by atoms with Crippen LogP contribution in [0.5, 0.6) is 5.75 Å². The maximum absolute atomic E-state index is 11.8. The van der Waals surface area contributed by atoms with Gasteiger partial charge in [0.05, 0.1) is 4.91 Å². The number of hydrogen-bond acceptors (Lipinski definition) is 4. The van der Waals surface area contributed by atoms with Gasteiger partial charge in [-0.25, -0.2) is 0 Å². The number of para-hydroxylation sites is 1. The van der Waals surface area contributed by atoms with Crippen LogP contribution in [0.4, 0.5) is 0 Å². The second kappa shape index (κ2) is 7.17. The third kappa shape index (κ3) is 4.13. The molecule has 3 rings (SSSR count). The van der Waals surface area contributed by atoms with Crippen LogP contribution in [-0.2, 0) is 11.4 Å². The highest BCUT2D eigenvalue weighted by Crippen LogP contribution is 2.29. The minimum atomic E-state index is -0.176. The summed E-state index contributed by atoms with van der Waals surface area (Å²) in [6, 6.07) is 15.1. The molecule has 0 atom stereocenters. The van der Waals surface area contributed by atoms with Crippen LogP contribution in [0.3, 0.4) is 0 Å². The van der Waals surface area contributed by atoms with Gasteiger partial charge in [-0.1, -0.05) is 65.9 Å². The minimum absolute atomic E-state index is 0.176. The number of carbonyl (C=O) groups is 1. The minimum Gasteiger partial charge on any atom is -0.488 e. The second-order valence-electron chi connectivity index (χ2n) is 4.81. The van der Waals surface area contributed by atoms with Gasteiger partial charge in [0.2, 0.25) is 0 Å². The van der Waals surface area contributed by atoms with Crippen LogP contribution in [0.25, 0.3) is 6.08 Å². The maximum Gasteiger partial charge on any atom is 0.263 e. The van der Waals surface area contributed by atoms with Crippen molar-refractivity contribution in [1.29, 1.82) is 0 Å². The Labute approximate surface area is 148 Å². The summed E-state index contributed by atoms with van der Waals surface area (Å²) < 4.78 is 6.34. The van der Waals surface area contributed by atoms with Gasteiger partial charge < -0.3 is 10.1 Å². The quantitative estimate of drug-likeness (QED) is 0.646. The van der Waals surface area contributed by atoms with Gasteiger partial charge in [-0.05, 0) is 29.8 Å². The van der Waals surface area contributed by atoms with Gasteiger partial charge in [-0.3, -0.25) is 4.79 Å². The molecule has 23 heavy (non-hydrogen) atoms. The number of ether oxygens (including phenoxy) is 1. The Hall–Kier alpha value is -1.82. The number of hydrogen-bond donors (Lipinski definition) is 1. The fraction of sp³-hybridized carbons (Fsp3) is 0.0588. The van der Waals surface area contributed by atoms with E-state index in [4.69, 9.17) is 28.6 Å². The third-order valence-electron chi connectivity index (χ3n) is 3.13. The molecule has 2 aromatic rings. The van der Waals surface area contributed by atoms with E-state index in [1.807, 2.05) is 48.5 Å². The highest BCUT2D eigenvalue weighted by molar-refractivity contribution is 8.26. The first kappa shape index (κ1) is 16.1. The Balaban J connectivity index is 1.80. The summed E-state index contributed by atoms with van der Waals surface area (Å²) in [5.74, 6) is 0.524. The van der Waals surface area contributed by atoms with E-state index in [0.717, 1.165) is 11.1 Å². The highest BCUT2D eigenvalue weighted by Gasteiger charge is 2.22. The fourth-order valence-corrected chi connectivity index (χ4v) is 3.33. The van der Waals surface area contributed by atoms with Crippen molar-refractivity contribution in [2.45, 2.75) is 6.61 Å². The van der Waals surface area contributed by atoms with Crippen LogP contribution in [0.1, 0.15) is 11.1 Å². The van der Waals surface area contributed by atoms with Crippen molar-refractivity contribution in [2.75, 3.05) is 0 Å². The van der Waals surface area contributed by atoms with Crippen molar-refractivity contribution < 1.29 is 9.53 Å². The summed E-state index contributed by atoms with van der Waals surface area (Å²) >= 11 is 12.2. The lowest BCUT2D eigenvalue weighted by Gasteiger charge is -2.09. The van der Waals surface area contributed by atoms with Gasteiger partial charge in [0.15, 0.2) is 0 Å². The van der Waals surface area contributed by atoms with Gasteiger partial charge in [0.25, 0.3) is 5.91 Å². The lowest BCUT2D eigenvalue weighted by molar-refractivity contribution is -0.115. The average Bonchev–Trinajstić information content (AvgIpc) is 2.84. The lowest BCUT2D eigenvalue weighted by atomic mass is 10.2. The number of thioether (sulfide) groups is 1. The molecule has 1 N–H and O–H groups in total. The Morgan fingerprint density at radius 1 is 1.22 bits per heavy atom. The van der Waals surface area contributed by atoms with Crippen molar-refractivity contribution >= 4 is 51.9 Å². The van der Waals surface area contributed by atoms with Gasteiger partial charge in [-0.2, -0.15) is 0 Å². The first-order chi connectivity index (χ1) is 11.1. The predicted molar refractivity (Wildman–Crippen MR) is 98.5 cm³/mol. The zero-order valence-corrected chi connectivity index (χ0v) is 14.3. The highest BCUT2D eigenvalue weighted by atomic mass is 35.5. The third-order valence-corrected chi connectivity index (χ3v) is 4.53. The Bertz CT molecular complexity index is 805. The maximum atomic E-state index is 11.8. The van der Waals surface area contributed by atoms with Crippen molar-refractivity contribution in [3.8, 4) is 5.75 Å². The molecule has 2 aromatic carbocycles. The van der Waals surface area contributed by atoms with Crippen molar-refractivity contribution in [3.05, 3.63) is 69.6 Å². The lowest BCUT2D eigenvalue weighted by Crippen LogP contribution is -2.17. The topological polar surface area (TPSA) is 38.3 Å². The van der Waals surface area contributed by atoms with Gasteiger partial charge in [-0.15, -0.1) is 0 Å². The summed E-state index contributed by atoms with van der Waals surface area (Å²) in [6.45, 7) is 0.401. The second-order valence-corrected chi connectivity index (χ2v) is 6.96. The van der Waals surface area contributed by atoms with E-state index >= 15 is 0 Å². The number of carbonyl (C=O) groups excluding carboxylic acids is 1. The van der Waals surface area contributed by atoms with Gasteiger partial charge in [0.1, 0.15) is 16.7 Å². The standard InChI is InChI=1S/C17H12ClNO2S2/c18-13-6-3-4-11(8-13)10-21-14-7-2-1-5-12(14)9-15-16(20)19-17(22)23-15/h1-9H,10H2,(H,19,20,22). The van der Waals surface area contributed by atoms with Crippen molar-refractivity contribution in [1.82, 2.24) is 5.32 Å². The number of benzene rings is 2. The number of halogens is 1. The molecule has 0 aliphatic carbocycles. The van der Waals surface area contributed by atoms with Crippen LogP contribution < -0.4 is 10.1 Å². The molecule has 0 saturated carbocycles. The molecule has 1 heterocycles. The van der Waals surface area contributed by atoms with Crippen molar-refractivity contribution in [2.24, 2.45) is 0 Å². The molecule has 0 radical (unpaired) electrons. The van der Waals surface area contributed by atoms with E-state index in [1.54, 1.807) is 6.08 Å². The zero-order valence-electron chi connectivity index (χ0n) is 11.9. The zero-order chi connectivity index (χ0) is 16.2. The Morgan fingerprint density at radius 3 is 2.78 bits per heavy atom. The van der Waals surface area contributed by atoms with E-state index in [0.29, 0.717) is 26.6 Å². The van der Waals surface area contributed by atoms with E-state index in [-0.39, 0.29) is 5.91 Å². The van der Waals surface area contributed by atoms with Crippen LogP contribution in [0, 0.1) is 0 Å². The monoisotopic (exact) mass is 361 g/mol. The molecule has 1 fully saturated rings. The molecule has 1 saturated heterocycles. The van der Waals surface area contributed by atoms with E-state index in [9.17, 15) is 4.79 Å². The molecule has 1 aliphatic heterocycles. The number of rotatable bonds is 4. The molecule has 1 amide bonds. The molecule has 116 valence electrons. The van der Waals surface area contributed by atoms with Crippen LogP contribution in [-0.4, -0.2) is 10.2 Å². The number of thiocarbonyl (C=S) groups is 1. The number of amides is 1. The summed E-state index contributed by atoms with van der Waals surface area (Å²) in [6.07, 6.45) is 1.78. The summed E-state index contributed by atoms with van der Waals surface area (Å²) in [4.78, 5) is 12.3. The van der Waals surface area contributed by atoms with Crippen molar-refractivity contribution in [3.63, 3.8) is 0 Å².